The smallest absolute Gasteiger partial charge is 0.352 e. The molecule has 0 unspecified atom stereocenters. The van der Waals surface area contributed by atoms with Gasteiger partial charge in [0.25, 0.3) is 21.8 Å². The lowest BCUT2D eigenvalue weighted by Crippen LogP contribution is -2.71. The molecule has 5 N–H and O–H groups in total. The van der Waals surface area contributed by atoms with Crippen molar-refractivity contribution in [2.45, 2.75) is 16.3 Å². The molecular formula is C21H19N7O7S4. The molecule has 2 atom stereocenters. The van der Waals surface area contributed by atoms with Crippen LogP contribution in [0.5, 0.6) is 0 Å². The molecule has 18 heteroatoms. The maximum absolute atomic E-state index is 13.0. The Labute approximate surface area is 233 Å². The molecule has 3 aliphatic rings. The SMILES string of the molecule is CO/N=C(\C(=O)N[C@@H]1C(=O)N2C(C(=O)O)=C(CSC3=NS(=O)(=O)c4ccccc4N3)CS[C@H]12)c1csc(N)n1. The Morgan fingerprint density at radius 3 is 2.85 bits per heavy atom. The van der Waals surface area contributed by atoms with Crippen molar-refractivity contribution in [2.24, 2.45) is 9.55 Å². The van der Waals surface area contributed by atoms with Crippen molar-refractivity contribution in [2.75, 3.05) is 29.7 Å². The summed E-state index contributed by atoms with van der Waals surface area (Å²) in [4.78, 5) is 48.0. The van der Waals surface area contributed by atoms with Gasteiger partial charge >= 0.3 is 5.97 Å². The number of nitrogens with two attached hydrogens (primary N) is 1. The molecular weight excluding hydrogens is 591 g/mol. The lowest BCUT2D eigenvalue weighted by atomic mass is 10.0. The Bertz CT molecular complexity index is 1580. The van der Waals surface area contributed by atoms with Gasteiger partial charge in [-0.05, 0) is 17.7 Å². The molecule has 4 heterocycles. The maximum atomic E-state index is 13.0. The molecule has 0 spiro atoms. The number of carboxylic acids is 1. The van der Waals surface area contributed by atoms with Gasteiger partial charge in [-0.3, -0.25) is 14.5 Å². The molecule has 14 nitrogen and oxygen atoms in total. The van der Waals surface area contributed by atoms with Crippen LogP contribution >= 0.6 is 34.9 Å². The summed E-state index contributed by atoms with van der Waals surface area (Å²) in [5, 5.41) is 20.3. The van der Waals surface area contributed by atoms with Crippen molar-refractivity contribution in [1.82, 2.24) is 15.2 Å². The molecule has 204 valence electrons. The molecule has 3 aliphatic heterocycles. The number of nitrogens with one attached hydrogen (secondary N) is 2. The van der Waals surface area contributed by atoms with Crippen molar-refractivity contribution in [1.29, 1.82) is 0 Å². The average Bonchev–Trinajstić information content (AvgIpc) is 3.33. The number of nitrogens with zero attached hydrogens (tertiary/aromatic N) is 4. The summed E-state index contributed by atoms with van der Waals surface area (Å²) >= 11 is 3.38. The number of nitrogen functional groups attached to an aromatic ring is 1. The van der Waals surface area contributed by atoms with Gasteiger partial charge in [-0.2, -0.15) is 8.42 Å². The third-order valence-electron chi connectivity index (χ3n) is 5.69. The number of fused-ring (bicyclic) bond motifs is 2. The number of carbonyl (C=O) groups is 3. The van der Waals surface area contributed by atoms with E-state index in [1.54, 1.807) is 18.2 Å². The molecule has 5 rings (SSSR count). The average molecular weight is 610 g/mol. The van der Waals surface area contributed by atoms with Gasteiger partial charge in [0, 0.05) is 16.9 Å². The van der Waals surface area contributed by atoms with Gasteiger partial charge in [-0.15, -0.1) is 27.5 Å². The van der Waals surface area contributed by atoms with Gasteiger partial charge in [0.2, 0.25) is 0 Å². The number of oxime groups is 1. The topological polar surface area (TPSA) is 206 Å². The number of amides is 2. The van der Waals surface area contributed by atoms with E-state index in [4.69, 9.17) is 10.6 Å². The number of thiazole rings is 1. The highest BCUT2D eigenvalue weighted by Gasteiger charge is 2.54. The Morgan fingerprint density at radius 1 is 1.38 bits per heavy atom. The van der Waals surface area contributed by atoms with E-state index in [0.717, 1.165) is 28.0 Å². The minimum absolute atomic E-state index is 0.0482. The summed E-state index contributed by atoms with van der Waals surface area (Å²) < 4.78 is 28.8. The van der Waals surface area contributed by atoms with Crippen molar-refractivity contribution in [3.63, 3.8) is 0 Å². The molecule has 2 amide bonds. The van der Waals surface area contributed by atoms with Crippen LogP contribution in [0.25, 0.3) is 0 Å². The number of anilines is 2. The predicted octanol–water partition coefficient (Wildman–Crippen LogP) is 0.718. The maximum Gasteiger partial charge on any atom is 0.352 e. The number of carbonyl (C=O) groups excluding carboxylic acids is 2. The number of aliphatic carboxylic acids is 1. The number of thioether (sulfide) groups is 2. The van der Waals surface area contributed by atoms with E-state index in [-0.39, 0.29) is 43.8 Å². The zero-order valence-electron chi connectivity index (χ0n) is 19.9. The highest BCUT2D eigenvalue weighted by Crippen LogP contribution is 2.41. The number of aromatic nitrogens is 1. The van der Waals surface area contributed by atoms with E-state index in [0.29, 0.717) is 11.3 Å². The number of carboxylic acid groups (broad SMARTS) is 1. The zero-order chi connectivity index (χ0) is 27.9. The Kier molecular flexibility index (Phi) is 7.27. The number of rotatable bonds is 7. The van der Waals surface area contributed by atoms with Crippen LogP contribution in [0, 0.1) is 0 Å². The lowest BCUT2D eigenvalue weighted by Gasteiger charge is -2.49. The summed E-state index contributed by atoms with van der Waals surface area (Å²) in [6.07, 6.45) is 0. The first kappa shape index (κ1) is 27.0. The number of sulfonamides is 1. The van der Waals surface area contributed by atoms with Gasteiger partial charge in [-0.1, -0.05) is 29.1 Å². The predicted molar refractivity (Wildman–Crippen MR) is 147 cm³/mol. The molecule has 1 aromatic carbocycles. The third-order valence-corrected chi connectivity index (χ3v) is 10.1. The van der Waals surface area contributed by atoms with Gasteiger partial charge in [0.05, 0.1) is 5.69 Å². The van der Waals surface area contributed by atoms with Crippen molar-refractivity contribution < 1.29 is 32.7 Å². The van der Waals surface area contributed by atoms with E-state index >= 15 is 0 Å². The van der Waals surface area contributed by atoms with Gasteiger partial charge < -0.3 is 26.3 Å². The first-order chi connectivity index (χ1) is 18.6. The molecule has 1 saturated heterocycles. The molecule has 2 aromatic rings. The number of benzene rings is 1. The van der Waals surface area contributed by atoms with Gasteiger partial charge in [-0.25, -0.2) is 9.78 Å². The Hall–Kier alpha value is -3.61. The first-order valence-corrected chi connectivity index (χ1v) is 15.3. The monoisotopic (exact) mass is 609 g/mol. The van der Waals surface area contributed by atoms with E-state index in [2.05, 4.69) is 25.2 Å². The Morgan fingerprint density at radius 2 is 2.15 bits per heavy atom. The van der Waals surface area contributed by atoms with Crippen LogP contribution in [0.1, 0.15) is 5.69 Å². The van der Waals surface area contributed by atoms with Crippen LogP contribution < -0.4 is 16.4 Å². The Balaban J connectivity index is 1.31. The first-order valence-electron chi connectivity index (χ1n) is 11.0. The highest BCUT2D eigenvalue weighted by atomic mass is 32.2. The second-order valence-corrected chi connectivity index (χ2v) is 12.6. The molecule has 0 aliphatic carbocycles. The molecule has 1 fully saturated rings. The lowest BCUT2D eigenvalue weighted by molar-refractivity contribution is -0.150. The molecule has 0 bridgehead atoms. The fourth-order valence-electron chi connectivity index (χ4n) is 4.01. The third kappa shape index (κ3) is 5.07. The molecule has 39 heavy (non-hydrogen) atoms. The summed E-state index contributed by atoms with van der Waals surface area (Å²) in [6, 6.07) is 5.30. The summed E-state index contributed by atoms with van der Waals surface area (Å²) in [7, 11) is -2.65. The summed E-state index contributed by atoms with van der Waals surface area (Å²) in [6.45, 7) is 0. The standard InChI is InChI=1S/C21H19N7O7S4/c1-35-26-13(11-8-37-20(22)23-11)16(29)25-14-17(30)28-15(19(31)32)9(6-36-18(14)28)7-38-21-24-10-4-2-3-5-12(10)39(33,34)27-21/h2-5,8,14,18H,6-7H2,1H3,(H2,22,23)(H,24,27)(H,25,29)(H,31,32)/b26-13-/t14-,18-/m1/s1. The van der Waals surface area contributed by atoms with Gasteiger partial charge in [0.1, 0.15) is 34.8 Å². The van der Waals surface area contributed by atoms with Crippen LogP contribution in [-0.2, 0) is 29.2 Å². The van der Waals surface area contributed by atoms with E-state index in [1.807, 2.05) is 0 Å². The normalized spacial score (nSPS) is 21.7. The van der Waals surface area contributed by atoms with Gasteiger partial charge in [0.15, 0.2) is 16.0 Å². The summed E-state index contributed by atoms with van der Waals surface area (Å²) in [5.74, 6) is -2.36. The summed E-state index contributed by atoms with van der Waals surface area (Å²) in [5.41, 5.74) is 6.20. The fourth-order valence-corrected chi connectivity index (χ4v) is 8.28. The minimum Gasteiger partial charge on any atom is -0.477 e. The van der Waals surface area contributed by atoms with E-state index in [1.165, 1.54) is 30.3 Å². The van der Waals surface area contributed by atoms with Crippen LogP contribution in [-0.4, -0.2) is 82.1 Å². The van der Waals surface area contributed by atoms with Crippen LogP contribution in [0.2, 0.25) is 0 Å². The second kappa shape index (κ2) is 10.5. The number of hydrogen-bond donors (Lipinski definition) is 4. The van der Waals surface area contributed by atoms with Crippen molar-refractivity contribution in [3.8, 4) is 0 Å². The van der Waals surface area contributed by atoms with Crippen molar-refractivity contribution in [3.05, 3.63) is 46.6 Å². The van der Waals surface area contributed by atoms with Crippen LogP contribution in [0.3, 0.4) is 0 Å². The minimum atomic E-state index is -3.91. The largest absolute Gasteiger partial charge is 0.477 e. The highest BCUT2D eigenvalue weighted by molar-refractivity contribution is 8.15. The fraction of sp³-hybridized carbons (Fsp3) is 0.238. The van der Waals surface area contributed by atoms with E-state index in [9.17, 15) is 27.9 Å². The molecule has 1 aromatic heterocycles. The van der Waals surface area contributed by atoms with E-state index < -0.39 is 39.2 Å². The number of amidine groups is 1. The van der Waals surface area contributed by atoms with Crippen molar-refractivity contribution >= 4 is 84.4 Å². The quantitative estimate of drug-likeness (QED) is 0.195. The zero-order valence-corrected chi connectivity index (χ0v) is 23.1. The molecule has 0 saturated carbocycles. The number of β-lactam (4-membered cyclic amide) rings is 1. The second-order valence-electron chi connectivity index (χ2n) is 8.09. The van der Waals surface area contributed by atoms with Crippen LogP contribution in [0.4, 0.5) is 10.8 Å². The number of hydrogen-bond acceptors (Lipinski definition) is 13. The molecule has 0 radical (unpaired) electrons. The number of para-hydroxylation sites is 1. The van der Waals surface area contributed by atoms with Crippen LogP contribution in [0.15, 0.2) is 55.4 Å².